The first-order valence-electron chi connectivity index (χ1n) is 5.31. The molecule has 0 spiro atoms. The van der Waals surface area contributed by atoms with Crippen LogP contribution >= 0.6 is 0 Å². The van der Waals surface area contributed by atoms with E-state index in [0.29, 0.717) is 0 Å². The molecule has 1 rings (SSSR count). The van der Waals surface area contributed by atoms with E-state index in [9.17, 15) is 0 Å². The summed E-state index contributed by atoms with van der Waals surface area (Å²) in [6, 6.07) is 0. The molecule has 1 fully saturated rings. The number of nitrogens with zero attached hydrogens (tertiary/aromatic N) is 1. The van der Waals surface area contributed by atoms with Crippen molar-refractivity contribution in [2.24, 2.45) is 5.73 Å². The predicted octanol–water partition coefficient (Wildman–Crippen LogP) is -0.191. The molecule has 1 aliphatic rings. The molecule has 0 atom stereocenters. The van der Waals surface area contributed by atoms with Gasteiger partial charge in [0.2, 0.25) is 0 Å². The molecule has 0 radical (unpaired) electrons. The van der Waals surface area contributed by atoms with Crippen LogP contribution in [0.25, 0.3) is 0 Å². The third-order valence-corrected chi connectivity index (χ3v) is 2.99. The molecule has 0 aromatic heterocycles. The van der Waals surface area contributed by atoms with E-state index in [0.717, 1.165) is 45.5 Å². The van der Waals surface area contributed by atoms with E-state index >= 15 is 0 Å². The summed E-state index contributed by atoms with van der Waals surface area (Å²) in [6.45, 7) is 4.01. The Bertz CT molecular complexity index is 156. The summed E-state index contributed by atoms with van der Waals surface area (Å²) in [4.78, 5) is 2.39. The van der Waals surface area contributed by atoms with E-state index in [1.54, 1.807) is 7.11 Å². The van der Waals surface area contributed by atoms with Crippen molar-refractivity contribution in [3.05, 3.63) is 0 Å². The van der Waals surface area contributed by atoms with E-state index in [4.69, 9.17) is 15.6 Å². The summed E-state index contributed by atoms with van der Waals surface area (Å²) >= 11 is 0. The molecular weight excluding hydrogens is 180 g/mol. The van der Waals surface area contributed by atoms with E-state index in [2.05, 4.69) is 4.90 Å². The van der Waals surface area contributed by atoms with Crippen molar-refractivity contribution in [2.45, 2.75) is 24.8 Å². The monoisotopic (exact) mass is 202 g/mol. The van der Waals surface area contributed by atoms with Gasteiger partial charge < -0.3 is 20.5 Å². The quantitative estimate of drug-likeness (QED) is 0.607. The average Bonchev–Trinajstić information content (AvgIpc) is 2.22. The van der Waals surface area contributed by atoms with Crippen LogP contribution in [-0.4, -0.2) is 55.5 Å². The number of methoxy groups -OCH3 is 1. The fourth-order valence-electron chi connectivity index (χ4n) is 1.81. The predicted molar refractivity (Wildman–Crippen MR) is 56.2 cm³/mol. The number of piperidine rings is 1. The van der Waals surface area contributed by atoms with Crippen LogP contribution in [0.5, 0.6) is 0 Å². The van der Waals surface area contributed by atoms with Crippen LogP contribution in [0.3, 0.4) is 0 Å². The van der Waals surface area contributed by atoms with Gasteiger partial charge in [-0.3, -0.25) is 0 Å². The van der Waals surface area contributed by atoms with Crippen molar-refractivity contribution < 1.29 is 9.84 Å². The molecule has 3 N–H and O–H groups in total. The lowest BCUT2D eigenvalue weighted by atomic mass is 9.89. The molecule has 0 saturated carbocycles. The highest BCUT2D eigenvalue weighted by molar-refractivity contribution is 4.89. The fraction of sp³-hybridized carbons (Fsp3) is 1.00. The summed E-state index contributed by atoms with van der Waals surface area (Å²) < 4.78 is 5.00. The van der Waals surface area contributed by atoms with E-state index in [1.807, 2.05) is 0 Å². The molecule has 4 heteroatoms. The minimum Gasteiger partial charge on any atom is -0.394 e. The topological polar surface area (TPSA) is 58.7 Å². The van der Waals surface area contributed by atoms with Crippen molar-refractivity contribution in [1.29, 1.82) is 0 Å². The van der Waals surface area contributed by atoms with Crippen LogP contribution in [0.4, 0.5) is 0 Å². The molecule has 84 valence electrons. The van der Waals surface area contributed by atoms with Gasteiger partial charge in [-0.05, 0) is 32.4 Å². The third-order valence-electron chi connectivity index (χ3n) is 2.99. The molecule has 1 aliphatic heterocycles. The Hall–Kier alpha value is -0.160. The molecule has 0 aromatic rings. The van der Waals surface area contributed by atoms with Crippen molar-refractivity contribution in [1.82, 2.24) is 4.90 Å². The van der Waals surface area contributed by atoms with Crippen LogP contribution in [0, 0.1) is 0 Å². The van der Waals surface area contributed by atoms with Crippen LogP contribution in [0.15, 0.2) is 0 Å². The van der Waals surface area contributed by atoms with Crippen LogP contribution in [0.2, 0.25) is 0 Å². The number of hydrogen-bond donors (Lipinski definition) is 2. The van der Waals surface area contributed by atoms with Crippen molar-refractivity contribution in [2.75, 3.05) is 40.0 Å². The van der Waals surface area contributed by atoms with Crippen molar-refractivity contribution in [3.8, 4) is 0 Å². The summed E-state index contributed by atoms with van der Waals surface area (Å²) in [5.41, 5.74) is 5.65. The standard InChI is InChI=1S/C10H22N2O2/c1-14-8-2-5-12-6-3-10(11,9-13)4-7-12/h13H,2-9,11H2,1H3. The highest BCUT2D eigenvalue weighted by Crippen LogP contribution is 2.18. The number of aliphatic hydroxyl groups excluding tert-OH is 1. The van der Waals surface area contributed by atoms with Crippen LogP contribution in [-0.2, 0) is 4.74 Å². The molecule has 0 bridgehead atoms. The zero-order valence-corrected chi connectivity index (χ0v) is 9.04. The van der Waals surface area contributed by atoms with Gasteiger partial charge in [0, 0.05) is 25.8 Å². The molecule has 0 aliphatic carbocycles. The van der Waals surface area contributed by atoms with Crippen molar-refractivity contribution in [3.63, 3.8) is 0 Å². The van der Waals surface area contributed by atoms with E-state index in [1.165, 1.54) is 0 Å². The van der Waals surface area contributed by atoms with Crippen LogP contribution in [0.1, 0.15) is 19.3 Å². The van der Waals surface area contributed by atoms with Gasteiger partial charge in [0.25, 0.3) is 0 Å². The Morgan fingerprint density at radius 3 is 2.57 bits per heavy atom. The molecule has 0 amide bonds. The van der Waals surface area contributed by atoms with E-state index in [-0.39, 0.29) is 12.1 Å². The average molecular weight is 202 g/mol. The zero-order chi connectivity index (χ0) is 10.4. The number of rotatable bonds is 5. The maximum Gasteiger partial charge on any atom is 0.0612 e. The SMILES string of the molecule is COCCCN1CCC(N)(CO)CC1. The fourth-order valence-corrected chi connectivity index (χ4v) is 1.81. The number of hydrogen-bond acceptors (Lipinski definition) is 4. The molecule has 0 aromatic carbocycles. The molecule has 0 unspecified atom stereocenters. The van der Waals surface area contributed by atoms with E-state index < -0.39 is 0 Å². The smallest absolute Gasteiger partial charge is 0.0612 e. The lowest BCUT2D eigenvalue weighted by molar-refractivity contribution is 0.0977. The van der Waals surface area contributed by atoms with Crippen molar-refractivity contribution >= 4 is 0 Å². The first kappa shape index (κ1) is 11.9. The first-order chi connectivity index (χ1) is 6.70. The number of ether oxygens (including phenoxy) is 1. The Balaban J connectivity index is 2.15. The number of aliphatic hydroxyl groups is 1. The summed E-state index contributed by atoms with van der Waals surface area (Å²) in [6.07, 6.45) is 2.88. The van der Waals surface area contributed by atoms with Gasteiger partial charge in [0.05, 0.1) is 6.61 Å². The Kier molecular flexibility index (Phi) is 4.81. The lowest BCUT2D eigenvalue weighted by Crippen LogP contribution is -2.52. The summed E-state index contributed by atoms with van der Waals surface area (Å²) in [5, 5.41) is 9.09. The maximum absolute atomic E-state index is 9.09. The summed E-state index contributed by atoms with van der Waals surface area (Å²) in [5.74, 6) is 0. The number of likely N-dealkylation sites (tertiary alicyclic amines) is 1. The van der Waals surface area contributed by atoms with Gasteiger partial charge in [-0.15, -0.1) is 0 Å². The van der Waals surface area contributed by atoms with Gasteiger partial charge in [0.15, 0.2) is 0 Å². The Labute approximate surface area is 86.0 Å². The van der Waals surface area contributed by atoms with Gasteiger partial charge in [-0.25, -0.2) is 0 Å². The van der Waals surface area contributed by atoms with Gasteiger partial charge in [0.1, 0.15) is 0 Å². The number of nitrogens with two attached hydrogens (primary N) is 1. The highest BCUT2D eigenvalue weighted by atomic mass is 16.5. The molecule has 4 nitrogen and oxygen atoms in total. The second-order valence-electron chi connectivity index (χ2n) is 4.21. The Morgan fingerprint density at radius 1 is 1.43 bits per heavy atom. The molecule has 1 heterocycles. The largest absolute Gasteiger partial charge is 0.394 e. The second-order valence-corrected chi connectivity index (χ2v) is 4.21. The van der Waals surface area contributed by atoms with Gasteiger partial charge in [-0.2, -0.15) is 0 Å². The molecular formula is C10H22N2O2. The molecule has 14 heavy (non-hydrogen) atoms. The minimum atomic E-state index is -0.322. The molecule has 1 saturated heterocycles. The minimum absolute atomic E-state index is 0.110. The normalized spacial score (nSPS) is 22.5. The lowest BCUT2D eigenvalue weighted by Gasteiger charge is -2.37. The second kappa shape index (κ2) is 5.66. The zero-order valence-electron chi connectivity index (χ0n) is 9.04. The van der Waals surface area contributed by atoms with Gasteiger partial charge >= 0.3 is 0 Å². The Morgan fingerprint density at radius 2 is 2.07 bits per heavy atom. The van der Waals surface area contributed by atoms with Gasteiger partial charge in [-0.1, -0.05) is 0 Å². The third kappa shape index (κ3) is 3.53. The van der Waals surface area contributed by atoms with Crippen LogP contribution < -0.4 is 5.73 Å². The first-order valence-corrected chi connectivity index (χ1v) is 5.31. The summed E-state index contributed by atoms with van der Waals surface area (Å²) in [7, 11) is 1.73. The maximum atomic E-state index is 9.09. The highest BCUT2D eigenvalue weighted by Gasteiger charge is 2.29.